The number of hydrogen-bond acceptors (Lipinski definition) is 8. The van der Waals surface area contributed by atoms with Gasteiger partial charge >= 0.3 is 0 Å². The number of hydrogen-bond donors (Lipinski definition) is 4. The predicted molar refractivity (Wildman–Crippen MR) is 138 cm³/mol. The number of phenolic OH excluding ortho intramolecular Hbond substituents is 1. The van der Waals surface area contributed by atoms with Crippen molar-refractivity contribution in [2.24, 2.45) is 5.73 Å². The number of nitrogens with zero attached hydrogens (tertiary/aromatic N) is 3. The van der Waals surface area contributed by atoms with E-state index in [1.165, 1.54) is 17.0 Å². The standard InChI is InChI=1S/C26H24N6O4S/c27-20-21(24(28)34)31-37-23(20)26(36)32(15-17-7-4-12-29-13-17)22(18-8-10-19(33)11-9-18)25(35)30-14-16-5-2-1-3-6-16/h1-13,22,33H,14-15,27H2,(H2,28,34)(H,30,35)/t22-/m0/s1. The molecule has 4 rings (SSSR count). The molecule has 0 unspecified atom stereocenters. The average Bonchev–Trinajstić information content (AvgIpc) is 3.30. The molecule has 2 heterocycles. The lowest BCUT2D eigenvalue weighted by molar-refractivity contribution is -0.126. The first-order valence-electron chi connectivity index (χ1n) is 11.2. The number of phenols is 1. The van der Waals surface area contributed by atoms with E-state index in [1.54, 1.807) is 36.7 Å². The van der Waals surface area contributed by atoms with Gasteiger partial charge in [-0.1, -0.05) is 48.5 Å². The van der Waals surface area contributed by atoms with Crippen molar-refractivity contribution in [2.75, 3.05) is 5.73 Å². The zero-order valence-corrected chi connectivity index (χ0v) is 20.4. The number of primary amides is 1. The second-order valence-corrected chi connectivity index (χ2v) is 8.90. The minimum absolute atomic E-state index is 0.000216. The zero-order chi connectivity index (χ0) is 26.4. The summed E-state index contributed by atoms with van der Waals surface area (Å²) >= 11 is 0.734. The van der Waals surface area contributed by atoms with Crippen LogP contribution < -0.4 is 16.8 Å². The second kappa shape index (κ2) is 11.3. The van der Waals surface area contributed by atoms with E-state index in [2.05, 4.69) is 14.7 Å². The molecule has 10 nitrogen and oxygen atoms in total. The van der Waals surface area contributed by atoms with Crippen LogP contribution in [0.1, 0.15) is 42.9 Å². The van der Waals surface area contributed by atoms with Gasteiger partial charge in [0.2, 0.25) is 5.91 Å². The van der Waals surface area contributed by atoms with Crippen LogP contribution in [0, 0.1) is 0 Å². The highest BCUT2D eigenvalue weighted by Crippen LogP contribution is 2.31. The van der Waals surface area contributed by atoms with Gasteiger partial charge in [0.15, 0.2) is 5.69 Å². The molecule has 3 amide bonds. The third-order valence-corrected chi connectivity index (χ3v) is 6.42. The summed E-state index contributed by atoms with van der Waals surface area (Å²) in [5.74, 6) is -1.92. The first-order chi connectivity index (χ1) is 17.8. The van der Waals surface area contributed by atoms with Gasteiger partial charge in [0.05, 0.1) is 5.69 Å². The van der Waals surface area contributed by atoms with E-state index in [4.69, 9.17) is 11.5 Å². The maximum absolute atomic E-state index is 13.9. The van der Waals surface area contributed by atoms with Gasteiger partial charge in [-0.05, 0) is 46.4 Å². The number of nitrogens with two attached hydrogens (primary N) is 2. The Balaban J connectivity index is 1.76. The molecule has 0 saturated heterocycles. The summed E-state index contributed by atoms with van der Waals surface area (Å²) in [6.07, 6.45) is 3.18. The first-order valence-corrected chi connectivity index (χ1v) is 12.0. The van der Waals surface area contributed by atoms with Crippen LogP contribution in [0.4, 0.5) is 5.69 Å². The van der Waals surface area contributed by atoms with Gasteiger partial charge in [-0.2, -0.15) is 4.37 Å². The van der Waals surface area contributed by atoms with E-state index in [0.717, 1.165) is 17.1 Å². The largest absolute Gasteiger partial charge is 0.508 e. The van der Waals surface area contributed by atoms with E-state index in [-0.39, 0.29) is 35.1 Å². The molecule has 1 atom stereocenters. The fourth-order valence-electron chi connectivity index (χ4n) is 3.74. The molecule has 11 heteroatoms. The Morgan fingerprint density at radius 2 is 1.70 bits per heavy atom. The average molecular weight is 517 g/mol. The molecule has 4 aromatic rings. The molecule has 0 aliphatic rings. The molecule has 0 fully saturated rings. The van der Waals surface area contributed by atoms with Crippen molar-refractivity contribution in [1.82, 2.24) is 19.6 Å². The molecular weight excluding hydrogens is 492 g/mol. The lowest BCUT2D eigenvalue weighted by Gasteiger charge is -2.31. The van der Waals surface area contributed by atoms with Crippen molar-refractivity contribution >= 4 is 34.9 Å². The number of nitrogen functional groups attached to an aromatic ring is 1. The van der Waals surface area contributed by atoms with E-state index < -0.39 is 23.8 Å². The summed E-state index contributed by atoms with van der Waals surface area (Å²) < 4.78 is 3.94. The van der Waals surface area contributed by atoms with Crippen molar-refractivity contribution in [1.29, 1.82) is 0 Å². The van der Waals surface area contributed by atoms with Crippen molar-refractivity contribution in [3.05, 3.63) is 106 Å². The van der Waals surface area contributed by atoms with Crippen LogP contribution in [0.15, 0.2) is 79.1 Å². The van der Waals surface area contributed by atoms with Gasteiger partial charge < -0.3 is 26.8 Å². The number of rotatable bonds is 9. The minimum Gasteiger partial charge on any atom is -0.508 e. The third kappa shape index (κ3) is 5.90. The van der Waals surface area contributed by atoms with Crippen LogP contribution in [0.2, 0.25) is 0 Å². The van der Waals surface area contributed by atoms with E-state index >= 15 is 0 Å². The molecule has 0 aliphatic carbocycles. The summed E-state index contributed by atoms with van der Waals surface area (Å²) in [7, 11) is 0. The summed E-state index contributed by atoms with van der Waals surface area (Å²) in [4.78, 5) is 44.7. The number of carbonyl (C=O) groups is 3. The Morgan fingerprint density at radius 3 is 2.32 bits per heavy atom. The molecule has 0 aliphatic heterocycles. The lowest BCUT2D eigenvalue weighted by Crippen LogP contribution is -2.43. The van der Waals surface area contributed by atoms with Crippen LogP contribution in [-0.4, -0.2) is 37.1 Å². The Kier molecular flexibility index (Phi) is 7.74. The molecule has 37 heavy (non-hydrogen) atoms. The number of aromatic hydroxyl groups is 1. The molecule has 0 radical (unpaired) electrons. The molecule has 2 aromatic carbocycles. The monoisotopic (exact) mass is 516 g/mol. The van der Waals surface area contributed by atoms with Crippen molar-refractivity contribution in [3.8, 4) is 5.75 Å². The number of anilines is 1. The van der Waals surface area contributed by atoms with Gasteiger partial charge in [-0.15, -0.1) is 0 Å². The van der Waals surface area contributed by atoms with Gasteiger partial charge in [-0.3, -0.25) is 19.4 Å². The molecule has 0 saturated carbocycles. The van der Waals surface area contributed by atoms with Gasteiger partial charge in [0.1, 0.15) is 16.7 Å². The highest BCUT2D eigenvalue weighted by molar-refractivity contribution is 7.09. The van der Waals surface area contributed by atoms with Crippen LogP contribution in [0.3, 0.4) is 0 Å². The number of amides is 3. The van der Waals surface area contributed by atoms with E-state index in [0.29, 0.717) is 11.1 Å². The van der Waals surface area contributed by atoms with Gasteiger partial charge in [-0.25, -0.2) is 0 Å². The summed E-state index contributed by atoms with van der Waals surface area (Å²) in [5.41, 5.74) is 13.0. The third-order valence-electron chi connectivity index (χ3n) is 5.57. The fraction of sp³-hybridized carbons (Fsp3) is 0.115. The highest BCUT2D eigenvalue weighted by Gasteiger charge is 2.35. The maximum atomic E-state index is 13.9. The molecular formula is C26H24N6O4S. The summed E-state index contributed by atoms with van der Waals surface area (Å²) in [5, 5.41) is 12.7. The first kappa shape index (κ1) is 25.3. The molecule has 188 valence electrons. The number of pyridine rings is 1. The van der Waals surface area contributed by atoms with Crippen LogP contribution in [-0.2, 0) is 17.9 Å². The zero-order valence-electron chi connectivity index (χ0n) is 19.6. The van der Waals surface area contributed by atoms with Gasteiger partial charge in [0, 0.05) is 25.5 Å². The van der Waals surface area contributed by atoms with Gasteiger partial charge in [0.25, 0.3) is 11.8 Å². The normalized spacial score (nSPS) is 11.5. The maximum Gasteiger partial charge on any atom is 0.270 e. The summed E-state index contributed by atoms with van der Waals surface area (Å²) in [6, 6.07) is 17.7. The highest BCUT2D eigenvalue weighted by atomic mass is 32.1. The summed E-state index contributed by atoms with van der Waals surface area (Å²) in [6.45, 7) is 0.234. The molecule has 0 spiro atoms. The lowest BCUT2D eigenvalue weighted by atomic mass is 10.0. The second-order valence-electron chi connectivity index (χ2n) is 8.13. The smallest absolute Gasteiger partial charge is 0.270 e. The number of benzene rings is 2. The molecule has 0 bridgehead atoms. The number of nitrogens with one attached hydrogen (secondary N) is 1. The Bertz CT molecular complexity index is 1390. The van der Waals surface area contributed by atoms with Crippen LogP contribution in [0.5, 0.6) is 5.75 Å². The Hall–Kier alpha value is -4.77. The predicted octanol–water partition coefficient (Wildman–Crippen LogP) is 2.62. The number of aromatic nitrogens is 2. The fourth-order valence-corrected chi connectivity index (χ4v) is 4.50. The van der Waals surface area contributed by atoms with E-state index in [9.17, 15) is 19.5 Å². The van der Waals surface area contributed by atoms with Crippen LogP contribution >= 0.6 is 11.5 Å². The van der Waals surface area contributed by atoms with Crippen molar-refractivity contribution in [2.45, 2.75) is 19.1 Å². The van der Waals surface area contributed by atoms with Crippen LogP contribution in [0.25, 0.3) is 0 Å². The molecule has 6 N–H and O–H groups in total. The molecule has 2 aromatic heterocycles. The Morgan fingerprint density at radius 1 is 1.00 bits per heavy atom. The quantitative estimate of drug-likeness (QED) is 0.265. The topological polar surface area (TPSA) is 165 Å². The number of carbonyl (C=O) groups excluding carboxylic acids is 3. The van der Waals surface area contributed by atoms with Crippen molar-refractivity contribution < 1.29 is 19.5 Å². The van der Waals surface area contributed by atoms with E-state index in [1.807, 2.05) is 30.3 Å². The van der Waals surface area contributed by atoms with Crippen molar-refractivity contribution in [3.63, 3.8) is 0 Å². The SMILES string of the molecule is NC(=O)c1nsc(C(=O)N(Cc2cccnc2)[C@H](C(=O)NCc2ccccc2)c2ccc(O)cc2)c1N. The minimum atomic E-state index is -1.12. The Labute approximate surface area is 216 Å².